The average molecular weight is 368 g/mol. The Hall–Kier alpha value is -1.85. The first-order valence-corrected chi connectivity index (χ1v) is 10.2. The number of methoxy groups -OCH3 is 1. The Bertz CT molecular complexity index is 889. The molecule has 1 saturated carbocycles. The molecule has 2 aromatic rings. The number of benzene rings is 1. The molecule has 144 valence electrons. The molecule has 5 nitrogen and oxygen atoms in total. The lowest BCUT2D eigenvalue weighted by molar-refractivity contribution is -0.160. The highest BCUT2D eigenvalue weighted by Gasteiger charge is 2.49. The molecule has 0 radical (unpaired) electrons. The van der Waals surface area contributed by atoms with Crippen molar-refractivity contribution in [1.29, 1.82) is 0 Å². The highest BCUT2D eigenvalue weighted by Crippen LogP contribution is 2.49. The highest BCUT2D eigenvalue weighted by atomic mass is 16.5. The molecule has 3 heterocycles. The molecule has 5 unspecified atom stereocenters. The summed E-state index contributed by atoms with van der Waals surface area (Å²) in [6.07, 6.45) is 3.13. The molecule has 0 bridgehead atoms. The summed E-state index contributed by atoms with van der Waals surface area (Å²) in [5, 5.41) is 11.9. The first-order valence-electron chi connectivity index (χ1n) is 10.2. The van der Waals surface area contributed by atoms with E-state index in [0.717, 1.165) is 32.4 Å². The standard InChI is InChI=1S/C22H28N2O3/c1-12-3-5-17-16(9-12)14-7-8-24-11-13-4-6-19(25)20(22(26)27-2)15(13)10-18(24)21(14)23-17/h3,5,9,13,15,18-20,23,25H,4,6-8,10-11H2,1-2H3. The smallest absolute Gasteiger partial charge is 0.311 e. The van der Waals surface area contributed by atoms with E-state index in [0.29, 0.717) is 18.4 Å². The largest absolute Gasteiger partial charge is 0.469 e. The molecule has 1 saturated heterocycles. The van der Waals surface area contributed by atoms with Crippen LogP contribution in [0.1, 0.15) is 42.1 Å². The minimum atomic E-state index is -0.571. The van der Waals surface area contributed by atoms with Gasteiger partial charge in [-0.15, -0.1) is 0 Å². The van der Waals surface area contributed by atoms with Gasteiger partial charge in [0.2, 0.25) is 0 Å². The topological polar surface area (TPSA) is 65.6 Å². The van der Waals surface area contributed by atoms with Gasteiger partial charge in [0.1, 0.15) is 0 Å². The third-order valence-corrected chi connectivity index (χ3v) is 7.27. The number of carbonyl (C=O) groups is 1. The van der Waals surface area contributed by atoms with Crippen LogP contribution in [-0.4, -0.2) is 47.3 Å². The summed E-state index contributed by atoms with van der Waals surface area (Å²) < 4.78 is 5.06. The summed E-state index contributed by atoms with van der Waals surface area (Å²) in [5.74, 6) is 0.0466. The van der Waals surface area contributed by atoms with Gasteiger partial charge in [0, 0.05) is 29.7 Å². The monoisotopic (exact) mass is 368 g/mol. The molecule has 1 aromatic heterocycles. The second-order valence-electron chi connectivity index (χ2n) is 8.68. The van der Waals surface area contributed by atoms with Crippen LogP contribution in [0.3, 0.4) is 0 Å². The number of aryl methyl sites for hydroxylation is 1. The van der Waals surface area contributed by atoms with Gasteiger partial charge in [-0.1, -0.05) is 11.6 Å². The van der Waals surface area contributed by atoms with E-state index in [-0.39, 0.29) is 17.8 Å². The SMILES string of the molecule is COC(=O)C1C(O)CCC2CN3CCc4c([nH]c5ccc(C)cc45)C3CC21. The number of aliphatic hydroxyl groups is 1. The van der Waals surface area contributed by atoms with Crippen molar-refractivity contribution in [3.63, 3.8) is 0 Å². The van der Waals surface area contributed by atoms with Crippen molar-refractivity contribution in [2.45, 2.75) is 44.8 Å². The molecular weight excluding hydrogens is 340 g/mol. The fourth-order valence-electron chi connectivity index (χ4n) is 5.97. The number of H-pyrrole nitrogens is 1. The van der Waals surface area contributed by atoms with Crippen LogP contribution in [-0.2, 0) is 16.0 Å². The molecule has 2 fully saturated rings. The Morgan fingerprint density at radius 1 is 1.33 bits per heavy atom. The molecule has 5 rings (SSSR count). The molecule has 27 heavy (non-hydrogen) atoms. The zero-order valence-corrected chi connectivity index (χ0v) is 16.1. The van der Waals surface area contributed by atoms with E-state index in [9.17, 15) is 9.90 Å². The van der Waals surface area contributed by atoms with E-state index in [1.54, 1.807) is 0 Å². The van der Waals surface area contributed by atoms with Crippen LogP contribution in [0.5, 0.6) is 0 Å². The number of fused-ring (bicyclic) bond motifs is 6. The first-order chi connectivity index (χ1) is 13.1. The Kier molecular flexibility index (Phi) is 4.06. The van der Waals surface area contributed by atoms with Gasteiger partial charge in [0.05, 0.1) is 25.2 Å². The summed E-state index contributed by atoms with van der Waals surface area (Å²) in [7, 11) is 1.44. The van der Waals surface area contributed by atoms with Crippen molar-refractivity contribution in [3.05, 3.63) is 35.0 Å². The number of nitrogens with zero attached hydrogens (tertiary/aromatic N) is 1. The quantitative estimate of drug-likeness (QED) is 0.760. The van der Waals surface area contributed by atoms with Gasteiger partial charge in [0.25, 0.3) is 0 Å². The minimum Gasteiger partial charge on any atom is -0.469 e. The Morgan fingerprint density at radius 3 is 3.00 bits per heavy atom. The maximum absolute atomic E-state index is 12.4. The van der Waals surface area contributed by atoms with Gasteiger partial charge in [-0.2, -0.15) is 0 Å². The lowest BCUT2D eigenvalue weighted by atomic mass is 9.65. The van der Waals surface area contributed by atoms with Crippen LogP contribution in [0.2, 0.25) is 0 Å². The molecule has 2 N–H and O–H groups in total. The lowest BCUT2D eigenvalue weighted by Gasteiger charge is -2.50. The van der Waals surface area contributed by atoms with Gasteiger partial charge in [-0.3, -0.25) is 9.69 Å². The summed E-state index contributed by atoms with van der Waals surface area (Å²) in [6.45, 7) is 4.24. The molecule has 0 spiro atoms. The number of esters is 1. The van der Waals surface area contributed by atoms with Crippen LogP contribution in [0.4, 0.5) is 0 Å². The normalized spacial score (nSPS) is 33.2. The second kappa shape index (κ2) is 6.35. The molecule has 1 aromatic carbocycles. The summed E-state index contributed by atoms with van der Waals surface area (Å²) in [4.78, 5) is 18.7. The third-order valence-electron chi connectivity index (χ3n) is 7.27. The van der Waals surface area contributed by atoms with Gasteiger partial charge in [-0.25, -0.2) is 0 Å². The van der Waals surface area contributed by atoms with Gasteiger partial charge >= 0.3 is 5.97 Å². The number of aromatic amines is 1. The number of aliphatic hydroxyl groups excluding tert-OH is 1. The summed E-state index contributed by atoms with van der Waals surface area (Å²) >= 11 is 0. The van der Waals surface area contributed by atoms with E-state index in [1.165, 1.54) is 34.8 Å². The fraction of sp³-hybridized carbons (Fsp3) is 0.591. The number of aromatic nitrogens is 1. The number of hydrogen-bond acceptors (Lipinski definition) is 4. The van der Waals surface area contributed by atoms with Crippen molar-refractivity contribution >= 4 is 16.9 Å². The fourth-order valence-corrected chi connectivity index (χ4v) is 5.97. The molecule has 1 aliphatic carbocycles. The maximum Gasteiger partial charge on any atom is 0.311 e. The number of hydrogen-bond donors (Lipinski definition) is 2. The molecule has 3 aliphatic rings. The van der Waals surface area contributed by atoms with Crippen LogP contribution in [0, 0.1) is 24.7 Å². The number of nitrogens with one attached hydrogen (secondary N) is 1. The molecule has 5 heteroatoms. The third kappa shape index (κ3) is 2.63. The van der Waals surface area contributed by atoms with Crippen LogP contribution < -0.4 is 0 Å². The molecular formula is C22H28N2O3. The summed E-state index contributed by atoms with van der Waals surface area (Å²) in [5.41, 5.74) is 5.27. The second-order valence-corrected chi connectivity index (χ2v) is 8.68. The van der Waals surface area contributed by atoms with Crippen molar-refractivity contribution in [2.75, 3.05) is 20.2 Å². The minimum absolute atomic E-state index is 0.196. The van der Waals surface area contributed by atoms with Crippen molar-refractivity contribution < 1.29 is 14.6 Å². The first kappa shape index (κ1) is 17.3. The van der Waals surface area contributed by atoms with Gasteiger partial charge < -0.3 is 14.8 Å². The Labute approximate surface area is 159 Å². The zero-order chi connectivity index (χ0) is 18.7. The highest BCUT2D eigenvalue weighted by molar-refractivity contribution is 5.86. The Morgan fingerprint density at radius 2 is 2.19 bits per heavy atom. The molecule has 0 amide bonds. The predicted octanol–water partition coefficient (Wildman–Crippen LogP) is 2.96. The van der Waals surface area contributed by atoms with E-state index in [1.807, 2.05) is 0 Å². The summed E-state index contributed by atoms with van der Waals surface area (Å²) in [6, 6.07) is 6.93. The lowest BCUT2D eigenvalue weighted by Crippen LogP contribution is -2.53. The molecule has 5 atom stereocenters. The van der Waals surface area contributed by atoms with Gasteiger partial charge in [0.15, 0.2) is 0 Å². The number of rotatable bonds is 1. The van der Waals surface area contributed by atoms with E-state index < -0.39 is 6.10 Å². The van der Waals surface area contributed by atoms with Crippen LogP contribution >= 0.6 is 0 Å². The maximum atomic E-state index is 12.4. The van der Waals surface area contributed by atoms with E-state index >= 15 is 0 Å². The van der Waals surface area contributed by atoms with Gasteiger partial charge in [-0.05, 0) is 62.1 Å². The molecule has 2 aliphatic heterocycles. The van der Waals surface area contributed by atoms with Crippen molar-refractivity contribution in [3.8, 4) is 0 Å². The number of ether oxygens (including phenoxy) is 1. The van der Waals surface area contributed by atoms with Crippen LogP contribution in [0.25, 0.3) is 10.9 Å². The van der Waals surface area contributed by atoms with Crippen molar-refractivity contribution in [1.82, 2.24) is 9.88 Å². The van der Waals surface area contributed by atoms with Crippen molar-refractivity contribution in [2.24, 2.45) is 17.8 Å². The predicted molar refractivity (Wildman–Crippen MR) is 103 cm³/mol. The number of piperidine rings is 1. The van der Waals surface area contributed by atoms with E-state index in [2.05, 4.69) is 35.0 Å². The van der Waals surface area contributed by atoms with E-state index in [4.69, 9.17) is 4.74 Å². The number of carbonyl (C=O) groups excluding carboxylic acids is 1. The van der Waals surface area contributed by atoms with Crippen LogP contribution in [0.15, 0.2) is 18.2 Å². The average Bonchev–Trinajstić information content (AvgIpc) is 3.04. The Balaban J connectivity index is 1.53. The zero-order valence-electron chi connectivity index (χ0n) is 16.1.